The van der Waals surface area contributed by atoms with Crippen LogP contribution in [-0.2, 0) is 0 Å². The number of nitro groups is 1. The molecule has 0 aliphatic carbocycles. The van der Waals surface area contributed by atoms with Crippen molar-refractivity contribution in [2.45, 2.75) is 6.92 Å². The molecule has 1 heterocycles. The van der Waals surface area contributed by atoms with E-state index in [1.54, 1.807) is 0 Å². The van der Waals surface area contributed by atoms with Crippen molar-refractivity contribution in [2.24, 2.45) is 0 Å². The van der Waals surface area contributed by atoms with Crippen molar-refractivity contribution in [3.8, 4) is 11.6 Å². The first-order valence-corrected chi connectivity index (χ1v) is 6.41. The van der Waals surface area contributed by atoms with Crippen LogP contribution < -0.4 is 10.1 Å². The van der Waals surface area contributed by atoms with E-state index in [0.717, 1.165) is 6.07 Å². The highest BCUT2D eigenvalue weighted by molar-refractivity contribution is 6.30. The predicted octanol–water partition coefficient (Wildman–Crippen LogP) is 4.01. The zero-order chi connectivity index (χ0) is 15.4. The average molecular weight is 312 g/mol. The minimum Gasteiger partial charge on any atom is -0.434 e. The zero-order valence-corrected chi connectivity index (χ0v) is 11.7. The van der Waals surface area contributed by atoms with Crippen LogP contribution in [0, 0.1) is 15.9 Å². The van der Waals surface area contributed by atoms with Crippen LogP contribution in [-0.4, -0.2) is 16.5 Å². The second-order valence-electron chi connectivity index (χ2n) is 3.99. The van der Waals surface area contributed by atoms with E-state index in [1.165, 1.54) is 24.3 Å². The van der Waals surface area contributed by atoms with E-state index in [2.05, 4.69) is 10.3 Å². The van der Waals surface area contributed by atoms with E-state index in [1.807, 2.05) is 6.92 Å². The largest absolute Gasteiger partial charge is 0.434 e. The lowest BCUT2D eigenvalue weighted by Gasteiger charge is -2.08. The van der Waals surface area contributed by atoms with E-state index in [9.17, 15) is 14.5 Å². The molecule has 0 amide bonds. The molecule has 0 spiro atoms. The Hall–Kier alpha value is -2.41. The quantitative estimate of drug-likeness (QED) is 0.667. The predicted molar refractivity (Wildman–Crippen MR) is 76.5 cm³/mol. The number of anilines is 1. The number of ether oxygens (including phenoxy) is 1. The Morgan fingerprint density at radius 2 is 2.19 bits per heavy atom. The highest BCUT2D eigenvalue weighted by atomic mass is 35.5. The number of aromatic nitrogens is 1. The van der Waals surface area contributed by atoms with Gasteiger partial charge in [0.2, 0.25) is 0 Å². The molecule has 0 fully saturated rings. The van der Waals surface area contributed by atoms with Crippen LogP contribution in [0.1, 0.15) is 6.92 Å². The molecular formula is C13H11ClFN3O3. The van der Waals surface area contributed by atoms with Gasteiger partial charge >= 0.3 is 11.6 Å². The molecule has 8 heteroatoms. The summed E-state index contributed by atoms with van der Waals surface area (Å²) in [6, 6.07) is 6.47. The molecule has 1 N–H and O–H groups in total. The fourth-order valence-corrected chi connectivity index (χ4v) is 1.70. The molecule has 0 bridgehead atoms. The van der Waals surface area contributed by atoms with Gasteiger partial charge in [-0.1, -0.05) is 11.6 Å². The Balaban J connectivity index is 2.37. The summed E-state index contributed by atoms with van der Waals surface area (Å²) in [5.74, 6) is -0.409. The van der Waals surface area contributed by atoms with Crippen LogP contribution in [0.5, 0.6) is 11.6 Å². The van der Waals surface area contributed by atoms with E-state index in [-0.39, 0.29) is 22.3 Å². The first kappa shape index (κ1) is 15.0. The van der Waals surface area contributed by atoms with E-state index in [0.29, 0.717) is 12.4 Å². The Morgan fingerprint density at radius 3 is 2.81 bits per heavy atom. The molecule has 0 radical (unpaired) electrons. The van der Waals surface area contributed by atoms with Gasteiger partial charge < -0.3 is 10.1 Å². The lowest BCUT2D eigenvalue weighted by atomic mass is 10.3. The molecular weight excluding hydrogens is 301 g/mol. The molecule has 110 valence electrons. The number of nitrogens with zero attached hydrogens (tertiary/aromatic N) is 2. The molecule has 0 saturated carbocycles. The second kappa shape index (κ2) is 6.36. The summed E-state index contributed by atoms with van der Waals surface area (Å²) < 4.78 is 18.7. The van der Waals surface area contributed by atoms with Crippen molar-refractivity contribution in [1.82, 2.24) is 4.98 Å². The fourth-order valence-electron chi connectivity index (χ4n) is 1.58. The summed E-state index contributed by atoms with van der Waals surface area (Å²) in [6.07, 6.45) is 0. The zero-order valence-electron chi connectivity index (χ0n) is 11.0. The highest BCUT2D eigenvalue weighted by Crippen LogP contribution is 2.31. The van der Waals surface area contributed by atoms with Crippen molar-refractivity contribution in [2.75, 3.05) is 11.9 Å². The summed E-state index contributed by atoms with van der Waals surface area (Å²) in [5.41, 5.74) is -0.313. The number of benzene rings is 1. The molecule has 2 rings (SSSR count). The normalized spacial score (nSPS) is 10.2. The topological polar surface area (TPSA) is 77.3 Å². The number of hydrogen-bond donors (Lipinski definition) is 1. The maximum atomic E-state index is 13.4. The Labute approximate surface area is 124 Å². The Morgan fingerprint density at radius 1 is 1.43 bits per heavy atom. The van der Waals surface area contributed by atoms with Crippen molar-refractivity contribution >= 4 is 23.1 Å². The number of pyridine rings is 1. The third-order valence-corrected chi connectivity index (χ3v) is 2.81. The van der Waals surface area contributed by atoms with Crippen LogP contribution in [0.15, 0.2) is 30.3 Å². The minimum absolute atomic E-state index is 0.0637. The molecule has 1 aromatic heterocycles. The molecule has 0 saturated heterocycles. The van der Waals surface area contributed by atoms with Gasteiger partial charge in [-0.3, -0.25) is 10.1 Å². The van der Waals surface area contributed by atoms with Gasteiger partial charge in [0, 0.05) is 18.7 Å². The Bertz CT molecular complexity index is 682. The van der Waals surface area contributed by atoms with Gasteiger partial charge in [-0.2, -0.15) is 4.98 Å². The summed E-state index contributed by atoms with van der Waals surface area (Å²) in [5, 5.41) is 13.8. The van der Waals surface area contributed by atoms with Crippen LogP contribution in [0.25, 0.3) is 0 Å². The standard InChI is InChI=1S/C13H11ClFN3O3/c1-2-16-12-6-5-11(18(19)20)13(17-12)21-8-3-4-9(14)10(15)7-8/h3-7H,2H2,1H3,(H,16,17). The monoisotopic (exact) mass is 311 g/mol. The molecule has 0 unspecified atom stereocenters. The number of hydrogen-bond acceptors (Lipinski definition) is 5. The first-order valence-electron chi connectivity index (χ1n) is 6.03. The van der Waals surface area contributed by atoms with E-state index >= 15 is 0 Å². The smallest absolute Gasteiger partial charge is 0.331 e. The van der Waals surface area contributed by atoms with Crippen molar-refractivity contribution < 1.29 is 14.1 Å². The second-order valence-corrected chi connectivity index (χ2v) is 4.39. The Kier molecular flexibility index (Phi) is 4.54. The van der Waals surface area contributed by atoms with Gasteiger partial charge in [-0.15, -0.1) is 0 Å². The van der Waals surface area contributed by atoms with Gasteiger partial charge in [0.05, 0.1) is 9.95 Å². The molecule has 0 atom stereocenters. The van der Waals surface area contributed by atoms with Crippen molar-refractivity contribution in [3.63, 3.8) is 0 Å². The van der Waals surface area contributed by atoms with Crippen LogP contribution in [0.3, 0.4) is 0 Å². The van der Waals surface area contributed by atoms with Crippen molar-refractivity contribution in [1.29, 1.82) is 0 Å². The first-order chi connectivity index (χ1) is 10.0. The third-order valence-electron chi connectivity index (χ3n) is 2.50. The number of halogens is 2. The molecule has 6 nitrogen and oxygen atoms in total. The fraction of sp³-hybridized carbons (Fsp3) is 0.154. The highest BCUT2D eigenvalue weighted by Gasteiger charge is 2.19. The van der Waals surface area contributed by atoms with E-state index in [4.69, 9.17) is 16.3 Å². The summed E-state index contributed by atoms with van der Waals surface area (Å²) in [6.45, 7) is 2.46. The summed E-state index contributed by atoms with van der Waals surface area (Å²) in [4.78, 5) is 14.4. The van der Waals surface area contributed by atoms with Gasteiger partial charge in [0.1, 0.15) is 17.4 Å². The van der Waals surface area contributed by atoms with Crippen LogP contribution >= 0.6 is 11.6 Å². The molecule has 0 aliphatic rings. The van der Waals surface area contributed by atoms with E-state index < -0.39 is 10.7 Å². The van der Waals surface area contributed by atoms with Gasteiger partial charge in [-0.25, -0.2) is 4.39 Å². The molecule has 0 aliphatic heterocycles. The van der Waals surface area contributed by atoms with Gasteiger partial charge in [0.15, 0.2) is 0 Å². The summed E-state index contributed by atoms with van der Waals surface area (Å²) in [7, 11) is 0. The van der Waals surface area contributed by atoms with Crippen LogP contribution in [0.4, 0.5) is 15.9 Å². The minimum atomic E-state index is -0.681. The maximum Gasteiger partial charge on any atom is 0.331 e. The molecule has 2 aromatic rings. The summed E-state index contributed by atoms with van der Waals surface area (Å²) >= 11 is 5.57. The lowest BCUT2D eigenvalue weighted by Crippen LogP contribution is -2.02. The van der Waals surface area contributed by atoms with Gasteiger partial charge in [-0.05, 0) is 25.1 Å². The average Bonchev–Trinajstić information content (AvgIpc) is 2.43. The SMILES string of the molecule is CCNc1ccc([N+](=O)[O-])c(Oc2ccc(Cl)c(F)c2)n1. The third kappa shape index (κ3) is 3.57. The molecule has 21 heavy (non-hydrogen) atoms. The number of rotatable bonds is 5. The molecule has 1 aromatic carbocycles. The maximum absolute atomic E-state index is 13.4. The number of nitrogens with one attached hydrogen (secondary N) is 1. The van der Waals surface area contributed by atoms with Crippen molar-refractivity contribution in [3.05, 3.63) is 51.3 Å². The van der Waals surface area contributed by atoms with Crippen LogP contribution in [0.2, 0.25) is 5.02 Å². The van der Waals surface area contributed by atoms with Gasteiger partial charge in [0.25, 0.3) is 0 Å². The lowest BCUT2D eigenvalue weighted by molar-refractivity contribution is -0.386.